The molecule has 2 N–H and O–H groups in total. The van der Waals surface area contributed by atoms with Crippen molar-refractivity contribution >= 4 is 22.6 Å². The number of nitrogens with one attached hydrogen (secondary N) is 2. The van der Waals surface area contributed by atoms with E-state index in [0.29, 0.717) is 17.1 Å². The third-order valence-corrected chi connectivity index (χ3v) is 5.90. The predicted molar refractivity (Wildman–Crippen MR) is 126 cm³/mol. The Balaban J connectivity index is 1.40. The highest BCUT2D eigenvalue weighted by Gasteiger charge is 2.21. The molecule has 8 nitrogen and oxygen atoms in total. The average Bonchev–Trinajstić information content (AvgIpc) is 3.28. The fourth-order valence-corrected chi connectivity index (χ4v) is 4.11. The van der Waals surface area contributed by atoms with Crippen molar-refractivity contribution in [3.8, 4) is 0 Å². The van der Waals surface area contributed by atoms with Gasteiger partial charge in [0.2, 0.25) is 0 Å². The average molecular weight is 461 g/mol. The molecule has 1 fully saturated rings. The van der Waals surface area contributed by atoms with Gasteiger partial charge < -0.3 is 15.4 Å². The summed E-state index contributed by atoms with van der Waals surface area (Å²) in [7, 11) is 1.79. The van der Waals surface area contributed by atoms with Crippen LogP contribution in [0.2, 0.25) is 0 Å². The molecule has 0 saturated carbocycles. The minimum absolute atomic E-state index is 0.265. The standard InChI is InChI=1S/C25H25FN6O2/c1-32-15-18(14-28-32)24(16-3-2-4-19(26)11-16)31-25(33)21-6-5-17-13-27-23(12-22(17)30-21)29-20-7-9-34-10-8-20/h2-6,11-15,20,24H,7-10H2,1H3,(H,27,29)(H,31,33)/t24-/m0/s1. The monoisotopic (exact) mass is 460 g/mol. The van der Waals surface area contributed by atoms with Gasteiger partial charge in [0.15, 0.2) is 0 Å². The minimum atomic E-state index is -0.572. The zero-order valence-corrected chi connectivity index (χ0v) is 18.7. The predicted octanol–water partition coefficient (Wildman–Crippen LogP) is 3.61. The number of anilines is 1. The van der Waals surface area contributed by atoms with Crippen molar-refractivity contribution in [3.63, 3.8) is 0 Å². The molecule has 1 saturated heterocycles. The number of aromatic nitrogens is 4. The van der Waals surface area contributed by atoms with Gasteiger partial charge in [0.1, 0.15) is 17.3 Å². The zero-order chi connectivity index (χ0) is 23.5. The van der Waals surface area contributed by atoms with E-state index >= 15 is 0 Å². The van der Waals surface area contributed by atoms with Gasteiger partial charge in [0, 0.05) is 55.7 Å². The van der Waals surface area contributed by atoms with Crippen molar-refractivity contribution in [2.75, 3.05) is 18.5 Å². The summed E-state index contributed by atoms with van der Waals surface area (Å²) in [4.78, 5) is 22.3. The van der Waals surface area contributed by atoms with Crippen molar-refractivity contribution in [1.29, 1.82) is 0 Å². The van der Waals surface area contributed by atoms with Gasteiger partial charge in [-0.25, -0.2) is 14.4 Å². The number of amides is 1. The Morgan fingerprint density at radius 3 is 2.76 bits per heavy atom. The fraction of sp³-hybridized carbons (Fsp3) is 0.280. The molecule has 1 aromatic carbocycles. The molecule has 0 aliphatic carbocycles. The number of benzene rings is 1. The topological polar surface area (TPSA) is 94.0 Å². The maximum Gasteiger partial charge on any atom is 0.270 e. The highest BCUT2D eigenvalue weighted by atomic mass is 19.1. The number of fused-ring (bicyclic) bond motifs is 1. The third-order valence-electron chi connectivity index (χ3n) is 5.90. The lowest BCUT2D eigenvalue weighted by Gasteiger charge is -2.23. The van der Waals surface area contributed by atoms with Crippen LogP contribution in [0.3, 0.4) is 0 Å². The number of pyridine rings is 2. The van der Waals surface area contributed by atoms with E-state index in [1.54, 1.807) is 48.5 Å². The van der Waals surface area contributed by atoms with Gasteiger partial charge in [-0.3, -0.25) is 9.48 Å². The normalized spacial score (nSPS) is 15.2. The van der Waals surface area contributed by atoms with Crippen LogP contribution in [0, 0.1) is 5.82 Å². The second-order valence-electron chi connectivity index (χ2n) is 8.40. The fourth-order valence-electron chi connectivity index (χ4n) is 4.11. The number of ether oxygens (including phenoxy) is 1. The van der Waals surface area contributed by atoms with Gasteiger partial charge in [-0.1, -0.05) is 12.1 Å². The molecule has 1 aliphatic heterocycles. The highest BCUT2D eigenvalue weighted by Crippen LogP contribution is 2.24. The van der Waals surface area contributed by atoms with Gasteiger partial charge in [-0.05, 0) is 42.7 Å². The van der Waals surface area contributed by atoms with E-state index in [2.05, 4.69) is 25.7 Å². The number of hydrogen-bond donors (Lipinski definition) is 2. The first-order valence-corrected chi connectivity index (χ1v) is 11.2. The molecule has 0 radical (unpaired) electrons. The molecule has 174 valence electrons. The summed E-state index contributed by atoms with van der Waals surface area (Å²) in [5.41, 5.74) is 2.30. The summed E-state index contributed by atoms with van der Waals surface area (Å²) in [6, 6.07) is 11.2. The van der Waals surface area contributed by atoms with Crippen molar-refractivity contribution < 1.29 is 13.9 Å². The molecule has 1 amide bonds. The number of nitrogens with zero attached hydrogens (tertiary/aromatic N) is 4. The molecule has 1 atom stereocenters. The van der Waals surface area contributed by atoms with E-state index in [4.69, 9.17) is 4.74 Å². The van der Waals surface area contributed by atoms with Crippen LogP contribution in [0.25, 0.3) is 10.9 Å². The molecule has 0 bridgehead atoms. The first kappa shape index (κ1) is 22.0. The quantitative estimate of drug-likeness (QED) is 0.457. The molecule has 0 spiro atoms. The van der Waals surface area contributed by atoms with Crippen LogP contribution < -0.4 is 10.6 Å². The van der Waals surface area contributed by atoms with E-state index < -0.39 is 6.04 Å². The summed E-state index contributed by atoms with van der Waals surface area (Å²) >= 11 is 0. The maximum absolute atomic E-state index is 13.9. The van der Waals surface area contributed by atoms with Crippen LogP contribution in [0.15, 0.2) is 61.1 Å². The van der Waals surface area contributed by atoms with Crippen LogP contribution in [0.5, 0.6) is 0 Å². The smallest absolute Gasteiger partial charge is 0.270 e. The van der Waals surface area contributed by atoms with Gasteiger partial charge >= 0.3 is 0 Å². The Labute approximate surface area is 196 Å². The Morgan fingerprint density at radius 1 is 1.15 bits per heavy atom. The van der Waals surface area contributed by atoms with Crippen LogP contribution in [0.4, 0.5) is 10.2 Å². The summed E-state index contributed by atoms with van der Waals surface area (Å²) in [5, 5.41) is 11.4. The van der Waals surface area contributed by atoms with Crippen molar-refractivity contribution in [2.24, 2.45) is 7.05 Å². The number of aryl methyl sites for hydroxylation is 1. The molecule has 4 heterocycles. The number of hydrogen-bond acceptors (Lipinski definition) is 6. The van der Waals surface area contributed by atoms with Crippen LogP contribution >= 0.6 is 0 Å². The molecular formula is C25H25FN6O2. The molecule has 5 rings (SSSR count). The van der Waals surface area contributed by atoms with E-state index in [0.717, 1.165) is 42.8 Å². The van der Waals surface area contributed by atoms with Gasteiger partial charge in [-0.15, -0.1) is 0 Å². The number of carbonyl (C=O) groups is 1. The van der Waals surface area contributed by atoms with Crippen LogP contribution in [0.1, 0.15) is 40.5 Å². The highest BCUT2D eigenvalue weighted by molar-refractivity contribution is 5.95. The molecular weight excluding hydrogens is 435 g/mol. The first-order valence-electron chi connectivity index (χ1n) is 11.2. The number of halogens is 1. The molecule has 3 aromatic heterocycles. The Hall–Kier alpha value is -3.85. The first-order chi connectivity index (χ1) is 16.5. The van der Waals surface area contributed by atoms with Gasteiger partial charge in [-0.2, -0.15) is 5.10 Å². The lowest BCUT2D eigenvalue weighted by molar-refractivity contribution is 0.0903. The van der Waals surface area contributed by atoms with Crippen molar-refractivity contribution in [1.82, 2.24) is 25.1 Å². The SMILES string of the molecule is Cn1cc([C@@H](NC(=O)c2ccc3cnc(NC4CCOCC4)cc3n2)c2cccc(F)c2)cn1. The van der Waals surface area contributed by atoms with E-state index in [1.165, 1.54) is 12.1 Å². The Morgan fingerprint density at radius 2 is 2.00 bits per heavy atom. The lowest BCUT2D eigenvalue weighted by atomic mass is 10.0. The zero-order valence-electron chi connectivity index (χ0n) is 18.7. The van der Waals surface area contributed by atoms with Gasteiger partial charge in [0.25, 0.3) is 5.91 Å². The maximum atomic E-state index is 13.9. The summed E-state index contributed by atoms with van der Waals surface area (Å²) in [6.45, 7) is 1.47. The lowest BCUT2D eigenvalue weighted by Crippen LogP contribution is -2.30. The van der Waals surface area contributed by atoms with Crippen LogP contribution in [-0.4, -0.2) is 44.9 Å². The molecule has 34 heavy (non-hydrogen) atoms. The van der Waals surface area contributed by atoms with E-state index in [-0.39, 0.29) is 17.4 Å². The Kier molecular flexibility index (Phi) is 6.18. The summed E-state index contributed by atoms with van der Waals surface area (Å²) < 4.78 is 21.0. The molecule has 4 aromatic rings. The van der Waals surface area contributed by atoms with Crippen LogP contribution in [-0.2, 0) is 11.8 Å². The number of carbonyl (C=O) groups excluding carboxylic acids is 1. The van der Waals surface area contributed by atoms with E-state index in [9.17, 15) is 9.18 Å². The summed E-state index contributed by atoms with van der Waals surface area (Å²) in [5.74, 6) is -0.0188. The van der Waals surface area contributed by atoms with Crippen molar-refractivity contribution in [3.05, 3.63) is 83.7 Å². The molecule has 0 unspecified atom stereocenters. The second-order valence-corrected chi connectivity index (χ2v) is 8.40. The molecule has 9 heteroatoms. The molecule has 1 aliphatic rings. The van der Waals surface area contributed by atoms with E-state index in [1.807, 2.05) is 12.1 Å². The van der Waals surface area contributed by atoms with Gasteiger partial charge in [0.05, 0.1) is 17.8 Å². The Bertz CT molecular complexity index is 1320. The largest absolute Gasteiger partial charge is 0.381 e. The third kappa shape index (κ3) is 4.89. The second kappa shape index (κ2) is 9.56. The summed E-state index contributed by atoms with van der Waals surface area (Å²) in [6.07, 6.45) is 7.04. The minimum Gasteiger partial charge on any atom is -0.381 e. The number of rotatable bonds is 6. The van der Waals surface area contributed by atoms with Crippen molar-refractivity contribution in [2.45, 2.75) is 24.9 Å².